The van der Waals surface area contributed by atoms with E-state index in [-0.39, 0.29) is 36.7 Å². The third-order valence-electron chi connectivity index (χ3n) is 4.24. The Labute approximate surface area is 167 Å². The summed E-state index contributed by atoms with van der Waals surface area (Å²) in [7, 11) is 0. The average Bonchev–Trinajstić information content (AvgIpc) is 2.64. The number of benzene rings is 2. The molecule has 1 atom stereocenters. The number of aryl methyl sites for hydroxylation is 1. The number of hydrogen-bond acceptors (Lipinski definition) is 3. The van der Waals surface area contributed by atoms with Crippen molar-refractivity contribution >= 4 is 24.2 Å². The maximum absolute atomic E-state index is 11.9. The van der Waals surface area contributed by atoms with Gasteiger partial charge in [0.05, 0.1) is 12.6 Å². The number of carbonyl (C=O) groups excluding carboxylic acids is 2. The molecule has 0 bridgehead atoms. The lowest BCUT2D eigenvalue weighted by Gasteiger charge is -2.15. The highest BCUT2D eigenvalue weighted by Gasteiger charge is 2.17. The minimum atomic E-state index is -0.600. The number of rotatable bonds is 7. The summed E-state index contributed by atoms with van der Waals surface area (Å²) in [6, 6.07) is 15.8. The second-order valence-electron chi connectivity index (χ2n) is 6.83. The molecule has 0 unspecified atom stereocenters. The minimum Gasteiger partial charge on any atom is -0.350 e. The molecule has 5 nitrogen and oxygen atoms in total. The minimum absolute atomic E-state index is 0. The van der Waals surface area contributed by atoms with Crippen LogP contribution in [-0.4, -0.2) is 24.4 Å². The van der Waals surface area contributed by atoms with Crippen LogP contribution in [0.5, 0.6) is 0 Å². The van der Waals surface area contributed by atoms with Gasteiger partial charge in [0.25, 0.3) is 0 Å². The molecule has 2 rings (SSSR count). The summed E-state index contributed by atoms with van der Waals surface area (Å²) in [6.07, 6.45) is 0. The first-order valence-electron chi connectivity index (χ1n) is 8.83. The van der Waals surface area contributed by atoms with Gasteiger partial charge < -0.3 is 16.4 Å². The van der Waals surface area contributed by atoms with Crippen LogP contribution in [-0.2, 0) is 16.1 Å². The van der Waals surface area contributed by atoms with Gasteiger partial charge in [-0.05, 0) is 29.5 Å². The molecule has 2 amide bonds. The summed E-state index contributed by atoms with van der Waals surface area (Å²) in [5.74, 6) is -0.514. The van der Waals surface area contributed by atoms with Gasteiger partial charge >= 0.3 is 0 Å². The molecule has 0 heterocycles. The highest BCUT2D eigenvalue weighted by atomic mass is 35.5. The van der Waals surface area contributed by atoms with E-state index in [1.165, 1.54) is 11.1 Å². The van der Waals surface area contributed by atoms with E-state index in [1.807, 2.05) is 44.2 Å². The van der Waals surface area contributed by atoms with Gasteiger partial charge in [-0.15, -0.1) is 12.4 Å². The molecule has 0 aliphatic heterocycles. The molecule has 2 aromatic carbocycles. The lowest BCUT2D eigenvalue weighted by Crippen LogP contribution is -2.47. The zero-order valence-electron chi connectivity index (χ0n) is 16.0. The quantitative estimate of drug-likeness (QED) is 0.680. The fourth-order valence-electron chi connectivity index (χ4n) is 2.49. The molecular weight excluding hydrogens is 362 g/mol. The molecule has 6 heteroatoms. The number of nitrogens with two attached hydrogens (primary N) is 1. The van der Waals surface area contributed by atoms with Gasteiger partial charge in [-0.3, -0.25) is 9.59 Å². The predicted molar refractivity (Wildman–Crippen MR) is 112 cm³/mol. The first-order chi connectivity index (χ1) is 12.4. The summed E-state index contributed by atoms with van der Waals surface area (Å²) < 4.78 is 0. The van der Waals surface area contributed by atoms with Crippen molar-refractivity contribution in [2.75, 3.05) is 6.54 Å². The Morgan fingerprint density at radius 3 is 2.26 bits per heavy atom. The highest BCUT2D eigenvalue weighted by molar-refractivity contribution is 5.87. The molecule has 146 valence electrons. The van der Waals surface area contributed by atoms with Crippen molar-refractivity contribution in [1.82, 2.24) is 10.6 Å². The van der Waals surface area contributed by atoms with Gasteiger partial charge in [-0.1, -0.05) is 67.9 Å². The van der Waals surface area contributed by atoms with Crippen LogP contribution < -0.4 is 16.4 Å². The van der Waals surface area contributed by atoms with Crippen LogP contribution in [0.3, 0.4) is 0 Å². The molecule has 0 aliphatic carbocycles. The topological polar surface area (TPSA) is 84.2 Å². The zero-order valence-corrected chi connectivity index (χ0v) is 16.8. The number of carbonyl (C=O) groups is 2. The van der Waals surface area contributed by atoms with Gasteiger partial charge in [-0.25, -0.2) is 0 Å². The molecule has 27 heavy (non-hydrogen) atoms. The van der Waals surface area contributed by atoms with Gasteiger partial charge in [-0.2, -0.15) is 0 Å². The molecule has 2 aromatic rings. The van der Waals surface area contributed by atoms with Gasteiger partial charge in [0, 0.05) is 6.54 Å². The second-order valence-corrected chi connectivity index (χ2v) is 6.83. The van der Waals surface area contributed by atoms with E-state index in [4.69, 9.17) is 5.73 Å². The molecule has 0 spiro atoms. The number of amides is 2. The first-order valence-corrected chi connectivity index (χ1v) is 8.83. The fraction of sp³-hybridized carbons (Fsp3) is 0.333. The lowest BCUT2D eigenvalue weighted by molar-refractivity contribution is -0.127. The van der Waals surface area contributed by atoms with Crippen LogP contribution in [0.2, 0.25) is 0 Å². The third kappa shape index (κ3) is 7.04. The maximum atomic E-state index is 11.9. The Morgan fingerprint density at radius 1 is 1.00 bits per heavy atom. The van der Waals surface area contributed by atoms with E-state index in [0.717, 1.165) is 11.1 Å². The van der Waals surface area contributed by atoms with Crippen molar-refractivity contribution in [3.63, 3.8) is 0 Å². The molecule has 4 N–H and O–H groups in total. The van der Waals surface area contributed by atoms with Crippen molar-refractivity contribution in [1.29, 1.82) is 0 Å². The van der Waals surface area contributed by atoms with E-state index in [2.05, 4.69) is 35.8 Å². The fourth-order valence-corrected chi connectivity index (χ4v) is 2.49. The zero-order chi connectivity index (χ0) is 19.1. The Balaban J connectivity index is 0.00000364. The van der Waals surface area contributed by atoms with Crippen molar-refractivity contribution in [2.24, 2.45) is 11.7 Å². The van der Waals surface area contributed by atoms with Gasteiger partial charge in [0.2, 0.25) is 11.8 Å². The SMILES string of the molecule is Cc1cccc(-c2ccc(CNC(=O)CNC(=O)[C@@H](N)C(C)C)cc2)c1.Cl. The van der Waals surface area contributed by atoms with Gasteiger partial charge in [0.15, 0.2) is 0 Å². The standard InChI is InChI=1S/C21H27N3O2.ClH/c1-14(2)20(22)21(26)24-13-19(25)23-12-16-7-9-17(10-8-16)18-6-4-5-15(3)11-18;/h4-11,14,20H,12-13,22H2,1-3H3,(H,23,25)(H,24,26);1H/t20-;/m0./s1. The maximum Gasteiger partial charge on any atom is 0.239 e. The van der Waals surface area contributed by atoms with Crippen molar-refractivity contribution in [3.8, 4) is 11.1 Å². The molecule has 0 fully saturated rings. The highest BCUT2D eigenvalue weighted by Crippen LogP contribution is 2.20. The largest absolute Gasteiger partial charge is 0.350 e. The summed E-state index contributed by atoms with van der Waals surface area (Å²) in [5, 5.41) is 5.36. The number of halogens is 1. The average molecular weight is 390 g/mol. The van der Waals surface area contributed by atoms with Gasteiger partial charge in [0.1, 0.15) is 0 Å². The summed E-state index contributed by atoms with van der Waals surface area (Å²) in [6.45, 7) is 6.15. The van der Waals surface area contributed by atoms with E-state index in [1.54, 1.807) is 0 Å². The van der Waals surface area contributed by atoms with Crippen molar-refractivity contribution in [3.05, 3.63) is 59.7 Å². The number of nitrogens with one attached hydrogen (secondary N) is 2. The number of hydrogen-bond donors (Lipinski definition) is 3. The monoisotopic (exact) mass is 389 g/mol. The normalized spacial score (nSPS) is 11.4. The summed E-state index contributed by atoms with van der Waals surface area (Å²) in [5.41, 5.74) is 10.3. The van der Waals surface area contributed by atoms with Crippen LogP contribution in [0.25, 0.3) is 11.1 Å². The Kier molecular flexibility index (Phi) is 8.98. The molecular formula is C21H28ClN3O2. The Hall–Kier alpha value is -2.37. The van der Waals surface area contributed by atoms with Crippen LogP contribution in [0.15, 0.2) is 48.5 Å². The van der Waals surface area contributed by atoms with E-state index < -0.39 is 6.04 Å². The molecule has 0 aliphatic rings. The first kappa shape index (κ1) is 22.7. The summed E-state index contributed by atoms with van der Waals surface area (Å²) in [4.78, 5) is 23.6. The second kappa shape index (κ2) is 10.7. The summed E-state index contributed by atoms with van der Waals surface area (Å²) >= 11 is 0. The molecule has 0 aromatic heterocycles. The van der Waals surface area contributed by atoms with E-state index in [0.29, 0.717) is 6.54 Å². The molecule has 0 saturated carbocycles. The van der Waals surface area contributed by atoms with Crippen LogP contribution in [0, 0.1) is 12.8 Å². The predicted octanol–water partition coefficient (Wildman–Crippen LogP) is 2.80. The van der Waals surface area contributed by atoms with E-state index >= 15 is 0 Å². The van der Waals surface area contributed by atoms with Crippen LogP contribution in [0.1, 0.15) is 25.0 Å². The van der Waals surface area contributed by atoms with Crippen LogP contribution in [0.4, 0.5) is 0 Å². The lowest BCUT2D eigenvalue weighted by atomic mass is 10.0. The third-order valence-corrected chi connectivity index (χ3v) is 4.24. The van der Waals surface area contributed by atoms with E-state index in [9.17, 15) is 9.59 Å². The van der Waals surface area contributed by atoms with Crippen molar-refractivity contribution < 1.29 is 9.59 Å². The molecule has 0 saturated heterocycles. The smallest absolute Gasteiger partial charge is 0.239 e. The van der Waals surface area contributed by atoms with Crippen molar-refractivity contribution in [2.45, 2.75) is 33.4 Å². The Morgan fingerprint density at radius 2 is 1.67 bits per heavy atom. The Bertz CT molecular complexity index is 760. The van der Waals surface area contributed by atoms with Crippen LogP contribution >= 0.6 is 12.4 Å². The molecule has 0 radical (unpaired) electrons.